The van der Waals surface area contributed by atoms with E-state index in [1.807, 2.05) is 13.0 Å². The third kappa shape index (κ3) is 1.26. The topological polar surface area (TPSA) is 36.7 Å². The second-order valence-electron chi connectivity index (χ2n) is 1.73. The van der Waals surface area contributed by atoms with E-state index in [-0.39, 0.29) is 0 Å². The highest BCUT2D eigenvalue weighted by Crippen LogP contribution is 1.95. The number of nitrogens with zero attached hydrogens (tertiary/aromatic N) is 2. The van der Waals surface area contributed by atoms with Crippen LogP contribution in [0.1, 0.15) is 11.3 Å². The van der Waals surface area contributed by atoms with Crippen LogP contribution in [0.5, 0.6) is 0 Å². The Labute approximate surface area is 53.8 Å². The first-order valence-electron chi connectivity index (χ1n) is 2.57. The van der Waals surface area contributed by atoms with Crippen molar-refractivity contribution in [3.63, 3.8) is 0 Å². The smallest absolute Gasteiger partial charge is 0.140 e. The maximum absolute atomic E-state index is 8.34. The van der Waals surface area contributed by atoms with E-state index in [0.717, 1.165) is 5.56 Å². The number of rotatable bonds is 0. The van der Waals surface area contributed by atoms with Gasteiger partial charge in [0.05, 0.1) is 0 Å². The van der Waals surface area contributed by atoms with Crippen molar-refractivity contribution < 1.29 is 0 Å². The molecule has 43 valence electrons. The largest absolute Gasteiger partial charge is 0.245 e. The van der Waals surface area contributed by atoms with E-state index >= 15 is 0 Å². The Bertz CT molecular complexity index is 247. The van der Waals surface area contributed by atoms with E-state index < -0.39 is 0 Å². The van der Waals surface area contributed by atoms with Crippen molar-refractivity contribution >= 4 is 0 Å². The molecule has 2 nitrogen and oxygen atoms in total. The van der Waals surface area contributed by atoms with Crippen LogP contribution in [0, 0.1) is 24.3 Å². The van der Waals surface area contributed by atoms with Crippen LogP contribution in [0.15, 0.2) is 12.3 Å². The van der Waals surface area contributed by atoms with Gasteiger partial charge in [-0.1, -0.05) is 0 Å². The van der Waals surface area contributed by atoms with Crippen molar-refractivity contribution in [1.82, 2.24) is 4.98 Å². The molecule has 0 spiro atoms. The van der Waals surface area contributed by atoms with Gasteiger partial charge >= 0.3 is 0 Å². The van der Waals surface area contributed by atoms with Crippen molar-refractivity contribution in [1.29, 1.82) is 5.26 Å². The molecule has 1 rings (SSSR count). The zero-order valence-electron chi connectivity index (χ0n) is 5.05. The number of nitriles is 1. The predicted molar refractivity (Wildman–Crippen MR) is 32.5 cm³/mol. The number of aromatic nitrogens is 1. The predicted octanol–water partition coefficient (Wildman–Crippen LogP) is 1.06. The van der Waals surface area contributed by atoms with Gasteiger partial charge in [0.25, 0.3) is 0 Å². The molecule has 1 radical (unpaired) electrons. The molecule has 0 atom stereocenters. The third-order valence-corrected chi connectivity index (χ3v) is 0.964. The quantitative estimate of drug-likeness (QED) is 0.509. The fourth-order valence-corrected chi connectivity index (χ4v) is 0.549. The second-order valence-corrected chi connectivity index (χ2v) is 1.73. The van der Waals surface area contributed by atoms with Gasteiger partial charge in [0.1, 0.15) is 11.8 Å². The molecule has 0 saturated carbocycles. The first kappa shape index (κ1) is 5.77. The first-order valence-corrected chi connectivity index (χ1v) is 2.57. The van der Waals surface area contributed by atoms with Crippen LogP contribution in [0.4, 0.5) is 0 Å². The minimum atomic E-state index is 0.450. The number of hydrogen-bond acceptors (Lipinski definition) is 2. The van der Waals surface area contributed by atoms with Gasteiger partial charge in [-0.15, -0.1) is 0 Å². The maximum atomic E-state index is 8.34. The summed E-state index contributed by atoms with van der Waals surface area (Å²) in [4.78, 5) is 3.74. The highest BCUT2D eigenvalue weighted by molar-refractivity contribution is 5.23. The zero-order valence-corrected chi connectivity index (χ0v) is 5.05. The van der Waals surface area contributed by atoms with Gasteiger partial charge in [0.2, 0.25) is 0 Å². The summed E-state index contributed by atoms with van der Waals surface area (Å²) >= 11 is 0. The molecule has 9 heavy (non-hydrogen) atoms. The molecule has 0 aromatic carbocycles. The van der Waals surface area contributed by atoms with Gasteiger partial charge < -0.3 is 0 Å². The summed E-state index contributed by atoms with van der Waals surface area (Å²) in [7, 11) is 0. The van der Waals surface area contributed by atoms with Crippen molar-refractivity contribution in [2.75, 3.05) is 0 Å². The molecule has 0 fully saturated rings. The summed E-state index contributed by atoms with van der Waals surface area (Å²) < 4.78 is 0. The average molecular weight is 117 g/mol. The Morgan fingerprint density at radius 2 is 2.56 bits per heavy atom. The summed E-state index contributed by atoms with van der Waals surface area (Å²) in [5.74, 6) is 0. The van der Waals surface area contributed by atoms with Crippen LogP contribution < -0.4 is 0 Å². The average Bonchev–Trinajstić information content (AvgIpc) is 1.88. The van der Waals surface area contributed by atoms with E-state index in [2.05, 4.69) is 11.1 Å². The lowest BCUT2D eigenvalue weighted by molar-refractivity contribution is 1.23. The molecule has 0 unspecified atom stereocenters. The van der Waals surface area contributed by atoms with Crippen LogP contribution in [0.25, 0.3) is 0 Å². The Kier molecular flexibility index (Phi) is 1.46. The lowest BCUT2D eigenvalue weighted by Crippen LogP contribution is -1.81. The molecule has 0 saturated heterocycles. The molecular formula is C7H5N2. The van der Waals surface area contributed by atoms with Crippen LogP contribution in [0.2, 0.25) is 0 Å². The fraction of sp³-hybridized carbons (Fsp3) is 0.143. The van der Waals surface area contributed by atoms with E-state index in [1.54, 1.807) is 6.07 Å². The van der Waals surface area contributed by atoms with E-state index in [9.17, 15) is 0 Å². The molecule has 0 N–H and O–H groups in total. The number of aryl methyl sites for hydroxylation is 1. The first-order chi connectivity index (χ1) is 4.33. The molecule has 0 aliphatic carbocycles. The minimum absolute atomic E-state index is 0.450. The van der Waals surface area contributed by atoms with Gasteiger partial charge in [-0.05, 0) is 18.6 Å². The van der Waals surface area contributed by atoms with Crippen molar-refractivity contribution in [2.24, 2.45) is 0 Å². The van der Waals surface area contributed by atoms with Crippen LogP contribution in [-0.4, -0.2) is 4.98 Å². The fourth-order valence-electron chi connectivity index (χ4n) is 0.549. The molecule has 0 amide bonds. The third-order valence-electron chi connectivity index (χ3n) is 0.964. The van der Waals surface area contributed by atoms with Gasteiger partial charge in [-0.25, -0.2) is 4.98 Å². The summed E-state index contributed by atoms with van der Waals surface area (Å²) in [6.07, 6.45) is 1.51. The van der Waals surface area contributed by atoms with Crippen molar-refractivity contribution in [3.05, 3.63) is 29.6 Å². The summed E-state index contributed by atoms with van der Waals surface area (Å²) in [5, 5.41) is 8.34. The monoisotopic (exact) mass is 117 g/mol. The van der Waals surface area contributed by atoms with Crippen LogP contribution in [-0.2, 0) is 0 Å². The van der Waals surface area contributed by atoms with Crippen LogP contribution in [0.3, 0.4) is 0 Å². The lowest BCUT2D eigenvalue weighted by atomic mass is 10.2. The number of pyridine rings is 1. The van der Waals surface area contributed by atoms with Gasteiger partial charge in [0, 0.05) is 12.3 Å². The Morgan fingerprint density at radius 3 is 3.00 bits per heavy atom. The second kappa shape index (κ2) is 2.27. The molecule has 0 bridgehead atoms. The molecule has 0 aliphatic rings. The van der Waals surface area contributed by atoms with Gasteiger partial charge in [-0.2, -0.15) is 5.26 Å². The molecule has 0 aliphatic heterocycles. The molecule has 2 heteroatoms. The maximum Gasteiger partial charge on any atom is 0.140 e. The van der Waals surface area contributed by atoms with E-state index in [0.29, 0.717) is 5.69 Å². The number of hydrogen-bond donors (Lipinski definition) is 0. The summed E-state index contributed by atoms with van der Waals surface area (Å²) in [6, 6.07) is 6.47. The van der Waals surface area contributed by atoms with Crippen LogP contribution >= 0.6 is 0 Å². The van der Waals surface area contributed by atoms with E-state index in [4.69, 9.17) is 5.26 Å². The molecule has 1 aromatic heterocycles. The zero-order chi connectivity index (χ0) is 6.69. The molecule has 1 heterocycles. The highest BCUT2D eigenvalue weighted by atomic mass is 14.7. The Morgan fingerprint density at radius 1 is 1.78 bits per heavy atom. The highest BCUT2D eigenvalue weighted by Gasteiger charge is 1.88. The molecule has 1 aromatic rings. The summed E-state index contributed by atoms with van der Waals surface area (Å²) in [6.45, 7) is 1.88. The van der Waals surface area contributed by atoms with E-state index in [1.165, 1.54) is 6.20 Å². The standard InChI is InChI=1S/C7H5N2/c1-6-2-3-9-7(4-6)5-8/h3-4H,1H3. The SMILES string of the molecule is Cc1[c]cnc(C#N)c1. The van der Waals surface area contributed by atoms with Crippen molar-refractivity contribution in [3.8, 4) is 6.07 Å². The normalized spacial score (nSPS) is 8.44. The summed E-state index contributed by atoms with van der Waals surface area (Å²) in [5.41, 5.74) is 1.40. The van der Waals surface area contributed by atoms with Gasteiger partial charge in [0.15, 0.2) is 0 Å². The molecular weight excluding hydrogens is 112 g/mol. The minimum Gasteiger partial charge on any atom is -0.245 e. The lowest BCUT2D eigenvalue weighted by Gasteiger charge is -1.87. The van der Waals surface area contributed by atoms with Crippen molar-refractivity contribution in [2.45, 2.75) is 6.92 Å². The van der Waals surface area contributed by atoms with Gasteiger partial charge in [-0.3, -0.25) is 0 Å². The Balaban J connectivity index is 3.12. The Hall–Kier alpha value is -1.36.